The Bertz CT molecular complexity index is 753. The number of nitrogens with one attached hydrogen (secondary N) is 1. The van der Waals surface area contributed by atoms with Crippen molar-refractivity contribution in [1.82, 2.24) is 5.32 Å². The monoisotopic (exact) mass is 293 g/mol. The van der Waals surface area contributed by atoms with E-state index < -0.39 is 15.7 Å². The maximum Gasteiger partial charge on any atom is 0.255 e. The zero-order valence-electron chi connectivity index (χ0n) is 11.0. The van der Waals surface area contributed by atoms with Gasteiger partial charge in [-0.3, -0.25) is 4.79 Å². The molecule has 0 atom stereocenters. The molecule has 20 heavy (non-hydrogen) atoms. The highest BCUT2D eigenvalue weighted by molar-refractivity contribution is 7.90. The largest absolute Gasteiger partial charge is 0.507 e. The highest BCUT2D eigenvalue weighted by Gasteiger charge is 2.12. The first-order valence-corrected chi connectivity index (χ1v) is 8.10. The summed E-state index contributed by atoms with van der Waals surface area (Å²) in [6, 6.07) is 10.4. The van der Waals surface area contributed by atoms with E-state index in [-0.39, 0.29) is 23.6 Å². The Morgan fingerprint density at radius 1 is 1.20 bits per heavy atom. The maximum absolute atomic E-state index is 11.9. The fraction of sp³-hybridized carbons (Fsp3) is 0.214. The second-order valence-electron chi connectivity index (χ2n) is 4.60. The van der Waals surface area contributed by atoms with Crippen LogP contribution < -0.4 is 5.32 Å². The van der Waals surface area contributed by atoms with Gasteiger partial charge in [0.1, 0.15) is 15.6 Å². The number of carbonyl (C=O) groups excluding carboxylic acids is 1. The zero-order valence-corrected chi connectivity index (χ0v) is 11.8. The fourth-order valence-electron chi connectivity index (χ4n) is 1.86. The van der Waals surface area contributed by atoms with Crippen molar-refractivity contribution in [3.8, 4) is 5.75 Å². The third-order valence-electron chi connectivity index (χ3n) is 2.87. The molecular weight excluding hydrogens is 278 g/mol. The minimum absolute atomic E-state index is 0.0178. The summed E-state index contributed by atoms with van der Waals surface area (Å²) in [7, 11) is -3.12. The van der Waals surface area contributed by atoms with Crippen molar-refractivity contribution < 1.29 is 18.3 Å². The minimum atomic E-state index is -3.12. The zero-order chi connectivity index (χ0) is 14.8. The summed E-state index contributed by atoms with van der Waals surface area (Å²) in [5.41, 5.74) is 0.136. The molecule has 2 N–H and O–H groups in total. The molecule has 0 aliphatic carbocycles. The molecule has 0 heterocycles. The first kappa shape index (κ1) is 14.3. The van der Waals surface area contributed by atoms with Crippen molar-refractivity contribution in [1.29, 1.82) is 0 Å². The summed E-state index contributed by atoms with van der Waals surface area (Å²) in [6.07, 6.45) is 1.10. The molecule has 0 fully saturated rings. The molecule has 1 amide bonds. The third kappa shape index (κ3) is 3.48. The van der Waals surface area contributed by atoms with Crippen molar-refractivity contribution in [2.24, 2.45) is 0 Å². The number of sulfone groups is 1. The quantitative estimate of drug-likeness (QED) is 0.890. The van der Waals surface area contributed by atoms with Gasteiger partial charge < -0.3 is 10.4 Å². The first-order valence-electron chi connectivity index (χ1n) is 6.04. The molecule has 0 unspecified atom stereocenters. The topological polar surface area (TPSA) is 83.5 Å². The first-order chi connectivity index (χ1) is 9.37. The standard InChI is InChI=1S/C14H15NO4S/c1-20(18,19)7-6-15-14(17)12-8-10-4-2-3-5-11(10)9-13(12)16/h2-5,8-9,16H,6-7H2,1H3,(H,15,17). The molecule has 2 rings (SSSR count). The van der Waals surface area contributed by atoms with Gasteiger partial charge in [0.05, 0.1) is 11.3 Å². The molecule has 6 heteroatoms. The summed E-state index contributed by atoms with van der Waals surface area (Å²) >= 11 is 0. The molecule has 0 bridgehead atoms. The SMILES string of the molecule is CS(=O)(=O)CCNC(=O)c1cc2ccccc2cc1O. The van der Waals surface area contributed by atoms with Crippen molar-refractivity contribution in [2.75, 3.05) is 18.6 Å². The second kappa shape index (κ2) is 5.50. The van der Waals surface area contributed by atoms with E-state index in [1.165, 1.54) is 6.07 Å². The summed E-state index contributed by atoms with van der Waals surface area (Å²) in [5.74, 6) is -0.745. The number of amides is 1. The predicted molar refractivity (Wildman–Crippen MR) is 77.7 cm³/mol. The maximum atomic E-state index is 11.9. The number of hydrogen-bond donors (Lipinski definition) is 2. The molecule has 0 saturated carbocycles. The van der Waals surface area contributed by atoms with Gasteiger partial charge in [-0.2, -0.15) is 0 Å². The van der Waals surface area contributed by atoms with Crippen molar-refractivity contribution in [2.45, 2.75) is 0 Å². The molecule has 0 aromatic heterocycles. The highest BCUT2D eigenvalue weighted by Crippen LogP contribution is 2.24. The van der Waals surface area contributed by atoms with Gasteiger partial charge in [-0.15, -0.1) is 0 Å². The molecule has 106 valence electrons. The number of fused-ring (bicyclic) bond motifs is 1. The van der Waals surface area contributed by atoms with E-state index in [9.17, 15) is 18.3 Å². The Labute approximate surface area is 117 Å². The lowest BCUT2D eigenvalue weighted by Gasteiger charge is -2.08. The van der Waals surface area contributed by atoms with Gasteiger partial charge in [0.25, 0.3) is 5.91 Å². The molecule has 0 spiro atoms. The number of benzene rings is 2. The van der Waals surface area contributed by atoms with Gasteiger partial charge in [-0.25, -0.2) is 8.42 Å². The number of phenols is 1. The summed E-state index contributed by atoms with van der Waals surface area (Å²) in [6.45, 7) is 0.0178. The van der Waals surface area contributed by atoms with E-state index in [4.69, 9.17) is 0 Å². The van der Waals surface area contributed by atoms with Gasteiger partial charge in [-0.05, 0) is 22.9 Å². The Morgan fingerprint density at radius 2 is 1.80 bits per heavy atom. The van der Waals surface area contributed by atoms with Gasteiger partial charge in [0.2, 0.25) is 0 Å². The molecule has 0 aliphatic rings. The third-order valence-corrected chi connectivity index (χ3v) is 3.81. The Balaban J connectivity index is 2.19. The van der Waals surface area contributed by atoms with E-state index in [2.05, 4.69) is 5.32 Å². The summed E-state index contributed by atoms with van der Waals surface area (Å²) < 4.78 is 22.0. The van der Waals surface area contributed by atoms with E-state index in [1.54, 1.807) is 6.07 Å². The smallest absolute Gasteiger partial charge is 0.255 e. The van der Waals surface area contributed by atoms with Gasteiger partial charge in [-0.1, -0.05) is 24.3 Å². The molecule has 2 aromatic rings. The molecule has 0 radical (unpaired) electrons. The van der Waals surface area contributed by atoms with Crippen molar-refractivity contribution >= 4 is 26.5 Å². The van der Waals surface area contributed by atoms with Crippen LogP contribution in [0.2, 0.25) is 0 Å². The van der Waals surface area contributed by atoms with Crippen LogP contribution in [0.15, 0.2) is 36.4 Å². The summed E-state index contributed by atoms with van der Waals surface area (Å²) in [4.78, 5) is 11.9. The van der Waals surface area contributed by atoms with Crippen LogP contribution in [0.25, 0.3) is 10.8 Å². The molecule has 5 nitrogen and oxygen atoms in total. The number of rotatable bonds is 4. The Morgan fingerprint density at radius 3 is 2.40 bits per heavy atom. The van der Waals surface area contributed by atoms with E-state index >= 15 is 0 Å². The molecule has 0 saturated heterocycles. The number of hydrogen-bond acceptors (Lipinski definition) is 4. The molecule has 0 aliphatic heterocycles. The molecule has 2 aromatic carbocycles. The lowest BCUT2D eigenvalue weighted by atomic mass is 10.1. The van der Waals surface area contributed by atoms with Crippen LogP contribution in [-0.4, -0.2) is 38.0 Å². The minimum Gasteiger partial charge on any atom is -0.507 e. The van der Waals surface area contributed by atoms with Gasteiger partial charge >= 0.3 is 0 Å². The van der Waals surface area contributed by atoms with Crippen molar-refractivity contribution in [3.63, 3.8) is 0 Å². The predicted octanol–water partition coefficient (Wildman–Crippen LogP) is 1.32. The highest BCUT2D eigenvalue weighted by atomic mass is 32.2. The van der Waals surface area contributed by atoms with E-state index in [0.29, 0.717) is 0 Å². The van der Waals surface area contributed by atoms with Crippen LogP contribution in [0.5, 0.6) is 5.75 Å². The van der Waals surface area contributed by atoms with Gasteiger partial charge in [0.15, 0.2) is 0 Å². The summed E-state index contributed by atoms with van der Waals surface area (Å²) in [5, 5.41) is 14.0. The fourth-order valence-corrected chi connectivity index (χ4v) is 2.33. The van der Waals surface area contributed by atoms with Crippen molar-refractivity contribution in [3.05, 3.63) is 42.0 Å². The Hall–Kier alpha value is -2.08. The van der Waals surface area contributed by atoms with Crippen LogP contribution in [0, 0.1) is 0 Å². The number of phenolic OH excluding ortho intramolecular Hbond substituents is 1. The lowest BCUT2D eigenvalue weighted by molar-refractivity contribution is 0.0953. The average Bonchev–Trinajstić information content (AvgIpc) is 2.36. The van der Waals surface area contributed by atoms with Crippen LogP contribution in [0.4, 0.5) is 0 Å². The van der Waals surface area contributed by atoms with E-state index in [1.807, 2.05) is 24.3 Å². The Kier molecular flexibility index (Phi) is 3.94. The second-order valence-corrected chi connectivity index (χ2v) is 6.86. The molecular formula is C14H15NO4S. The van der Waals surface area contributed by atoms with Gasteiger partial charge in [0, 0.05) is 12.8 Å². The number of aromatic hydroxyl groups is 1. The lowest BCUT2D eigenvalue weighted by Crippen LogP contribution is -2.28. The van der Waals surface area contributed by atoms with Crippen LogP contribution >= 0.6 is 0 Å². The number of carbonyl (C=O) groups is 1. The van der Waals surface area contributed by atoms with Crippen LogP contribution in [0.3, 0.4) is 0 Å². The van der Waals surface area contributed by atoms with Crippen LogP contribution in [-0.2, 0) is 9.84 Å². The average molecular weight is 293 g/mol. The van der Waals surface area contributed by atoms with Crippen LogP contribution in [0.1, 0.15) is 10.4 Å². The normalized spacial score (nSPS) is 11.4. The van der Waals surface area contributed by atoms with E-state index in [0.717, 1.165) is 17.0 Å².